The van der Waals surface area contributed by atoms with Crippen molar-refractivity contribution < 1.29 is 21.6 Å². The van der Waals surface area contributed by atoms with Crippen LogP contribution in [0.15, 0.2) is 23.1 Å². The van der Waals surface area contributed by atoms with Crippen LogP contribution < -0.4 is 10.0 Å². The van der Waals surface area contributed by atoms with Crippen LogP contribution in [0.5, 0.6) is 0 Å². The Morgan fingerprint density at radius 3 is 2.58 bits per heavy atom. The topological polar surface area (TPSA) is 58.2 Å². The third kappa shape index (κ3) is 5.23. The summed E-state index contributed by atoms with van der Waals surface area (Å²) in [5.74, 6) is 0.0418. The molecule has 1 aliphatic rings. The van der Waals surface area contributed by atoms with Gasteiger partial charge in [-0.05, 0) is 57.0 Å². The van der Waals surface area contributed by atoms with Gasteiger partial charge < -0.3 is 5.32 Å². The molecule has 138 valence electrons. The van der Waals surface area contributed by atoms with Gasteiger partial charge in [0.05, 0.1) is 10.5 Å². The number of piperidine rings is 1. The molecule has 1 aromatic rings. The SMILES string of the molecule is CC(NS(=O)(=O)c1ccc(Cl)cc1C(F)(F)F)C1CCCNC1.Cl. The second-order valence-corrected chi connectivity index (χ2v) is 7.77. The van der Waals surface area contributed by atoms with Gasteiger partial charge in [0.1, 0.15) is 0 Å². The molecule has 0 spiro atoms. The molecule has 0 amide bonds. The summed E-state index contributed by atoms with van der Waals surface area (Å²) in [4.78, 5) is -0.801. The van der Waals surface area contributed by atoms with Gasteiger partial charge >= 0.3 is 6.18 Å². The van der Waals surface area contributed by atoms with Crippen LogP contribution >= 0.6 is 24.0 Å². The van der Waals surface area contributed by atoms with Crippen molar-refractivity contribution >= 4 is 34.0 Å². The number of nitrogens with one attached hydrogen (secondary N) is 2. The minimum Gasteiger partial charge on any atom is -0.316 e. The maximum Gasteiger partial charge on any atom is 0.417 e. The van der Waals surface area contributed by atoms with E-state index in [0.717, 1.165) is 31.5 Å². The molecule has 0 bridgehead atoms. The van der Waals surface area contributed by atoms with Crippen molar-refractivity contribution in [2.75, 3.05) is 13.1 Å². The van der Waals surface area contributed by atoms with E-state index in [1.54, 1.807) is 6.92 Å². The molecule has 0 aromatic heterocycles. The highest BCUT2D eigenvalue weighted by Crippen LogP contribution is 2.36. The summed E-state index contributed by atoms with van der Waals surface area (Å²) in [6, 6.07) is 2.19. The van der Waals surface area contributed by atoms with E-state index >= 15 is 0 Å². The van der Waals surface area contributed by atoms with Gasteiger partial charge in [-0.25, -0.2) is 13.1 Å². The van der Waals surface area contributed by atoms with Gasteiger partial charge in [0, 0.05) is 11.1 Å². The molecule has 24 heavy (non-hydrogen) atoms. The fourth-order valence-electron chi connectivity index (χ4n) is 2.67. The summed E-state index contributed by atoms with van der Waals surface area (Å²) in [7, 11) is -4.30. The first-order chi connectivity index (χ1) is 10.6. The molecule has 1 aliphatic heterocycles. The molecule has 4 nitrogen and oxygen atoms in total. The van der Waals surface area contributed by atoms with E-state index in [1.165, 1.54) is 0 Å². The Kier molecular flexibility index (Phi) is 7.37. The molecule has 2 atom stereocenters. The summed E-state index contributed by atoms with van der Waals surface area (Å²) in [6.07, 6.45) is -3.07. The lowest BCUT2D eigenvalue weighted by atomic mass is 9.94. The molecule has 0 radical (unpaired) electrons. The lowest BCUT2D eigenvalue weighted by molar-refractivity contribution is -0.139. The number of hydrogen-bond donors (Lipinski definition) is 2. The van der Waals surface area contributed by atoms with E-state index in [9.17, 15) is 21.6 Å². The van der Waals surface area contributed by atoms with Gasteiger partial charge in [0.2, 0.25) is 10.0 Å². The molecule has 10 heteroatoms. The van der Waals surface area contributed by atoms with Gasteiger partial charge in [-0.2, -0.15) is 13.2 Å². The molecule has 0 aliphatic carbocycles. The molecule has 1 fully saturated rings. The van der Waals surface area contributed by atoms with E-state index in [1.807, 2.05) is 0 Å². The number of halogens is 5. The molecule has 0 saturated carbocycles. The van der Waals surface area contributed by atoms with Crippen LogP contribution in [0.4, 0.5) is 13.2 Å². The largest absolute Gasteiger partial charge is 0.417 e. The first-order valence-corrected chi connectivity index (χ1v) is 9.07. The van der Waals surface area contributed by atoms with Gasteiger partial charge in [-0.3, -0.25) is 0 Å². The van der Waals surface area contributed by atoms with Crippen LogP contribution in [0.25, 0.3) is 0 Å². The van der Waals surface area contributed by atoms with Crippen LogP contribution in [0, 0.1) is 5.92 Å². The van der Waals surface area contributed by atoms with Gasteiger partial charge in [0.25, 0.3) is 0 Å². The molecule has 2 rings (SSSR count). The lowest BCUT2D eigenvalue weighted by Gasteiger charge is -2.29. The zero-order valence-corrected chi connectivity index (χ0v) is 15.2. The van der Waals surface area contributed by atoms with Crippen LogP contribution in [-0.4, -0.2) is 27.5 Å². The van der Waals surface area contributed by atoms with Crippen LogP contribution in [0.2, 0.25) is 5.02 Å². The Morgan fingerprint density at radius 2 is 2.04 bits per heavy atom. The molecule has 1 heterocycles. The number of benzene rings is 1. The zero-order valence-electron chi connectivity index (χ0n) is 12.9. The standard InChI is InChI=1S/C14H18ClF3N2O2S.ClH/c1-9(10-3-2-6-19-8-10)20-23(21,22)13-5-4-11(15)7-12(13)14(16,17)18;/h4-5,7,9-10,19-20H,2-3,6,8H2,1H3;1H. The summed E-state index contributed by atoms with van der Waals surface area (Å²) in [5.41, 5.74) is -1.26. The predicted octanol–water partition coefficient (Wildman–Crippen LogP) is 3.45. The summed E-state index contributed by atoms with van der Waals surface area (Å²) >= 11 is 5.58. The average Bonchev–Trinajstić information content (AvgIpc) is 2.46. The molecule has 2 unspecified atom stereocenters. The maximum atomic E-state index is 13.1. The third-order valence-electron chi connectivity index (χ3n) is 3.92. The van der Waals surface area contributed by atoms with Gasteiger partial charge in [0.15, 0.2) is 0 Å². The smallest absolute Gasteiger partial charge is 0.316 e. The first kappa shape index (κ1) is 21.5. The number of alkyl halides is 3. The summed E-state index contributed by atoms with van der Waals surface area (Å²) in [5, 5.41) is 2.99. The predicted molar refractivity (Wildman–Crippen MR) is 89.1 cm³/mol. The first-order valence-electron chi connectivity index (χ1n) is 7.21. The quantitative estimate of drug-likeness (QED) is 0.804. The second kappa shape index (κ2) is 8.23. The Labute approximate surface area is 150 Å². The normalized spacial score (nSPS) is 20.3. The minimum absolute atomic E-state index is 0. The molecule has 1 saturated heterocycles. The molecule has 2 N–H and O–H groups in total. The van der Waals surface area contributed by atoms with Crippen molar-refractivity contribution in [1.82, 2.24) is 10.0 Å². The highest BCUT2D eigenvalue weighted by molar-refractivity contribution is 7.89. The fourth-order valence-corrected chi connectivity index (χ4v) is 4.36. The van der Waals surface area contributed by atoms with E-state index in [0.29, 0.717) is 12.6 Å². The van der Waals surface area contributed by atoms with E-state index < -0.39 is 32.7 Å². The lowest BCUT2D eigenvalue weighted by Crippen LogP contribution is -2.44. The van der Waals surface area contributed by atoms with Crippen LogP contribution in [-0.2, 0) is 16.2 Å². The maximum absolute atomic E-state index is 13.1. The highest BCUT2D eigenvalue weighted by atomic mass is 35.5. The fraction of sp³-hybridized carbons (Fsp3) is 0.571. The second-order valence-electron chi connectivity index (χ2n) is 5.65. The Balaban J connectivity index is 0.00000288. The van der Waals surface area contributed by atoms with Crippen LogP contribution in [0.1, 0.15) is 25.3 Å². The van der Waals surface area contributed by atoms with E-state index in [4.69, 9.17) is 11.6 Å². The minimum atomic E-state index is -4.80. The number of rotatable bonds is 4. The molecule has 1 aromatic carbocycles. The van der Waals surface area contributed by atoms with E-state index in [-0.39, 0.29) is 23.3 Å². The number of sulfonamides is 1. The van der Waals surface area contributed by atoms with Crippen molar-refractivity contribution in [2.24, 2.45) is 5.92 Å². The van der Waals surface area contributed by atoms with Crippen molar-refractivity contribution in [3.05, 3.63) is 28.8 Å². The molecular weight excluding hydrogens is 388 g/mol. The Hall–Kier alpha value is -0.540. The summed E-state index contributed by atoms with van der Waals surface area (Å²) in [6.45, 7) is 3.17. The average molecular weight is 407 g/mol. The molecular formula is C14H19Cl2F3N2O2S. The monoisotopic (exact) mass is 406 g/mol. The Morgan fingerprint density at radius 1 is 1.38 bits per heavy atom. The van der Waals surface area contributed by atoms with Crippen molar-refractivity contribution in [1.29, 1.82) is 0 Å². The van der Waals surface area contributed by atoms with Crippen LogP contribution in [0.3, 0.4) is 0 Å². The van der Waals surface area contributed by atoms with E-state index in [2.05, 4.69) is 10.0 Å². The zero-order chi connectivity index (χ0) is 17.3. The van der Waals surface area contributed by atoms with Crippen molar-refractivity contribution in [2.45, 2.75) is 36.9 Å². The Bertz CT molecular complexity index is 662. The third-order valence-corrected chi connectivity index (χ3v) is 5.77. The van der Waals surface area contributed by atoms with Crippen molar-refractivity contribution in [3.8, 4) is 0 Å². The summed E-state index contributed by atoms with van der Waals surface area (Å²) < 4.78 is 66.4. The van der Waals surface area contributed by atoms with Gasteiger partial charge in [-0.15, -0.1) is 12.4 Å². The number of hydrogen-bond acceptors (Lipinski definition) is 3. The van der Waals surface area contributed by atoms with Gasteiger partial charge in [-0.1, -0.05) is 11.6 Å². The van der Waals surface area contributed by atoms with Crippen molar-refractivity contribution in [3.63, 3.8) is 0 Å². The highest BCUT2D eigenvalue weighted by Gasteiger charge is 2.38.